The van der Waals surface area contributed by atoms with Gasteiger partial charge in [-0.25, -0.2) is 9.13 Å². The first-order valence-electron chi connectivity index (χ1n) is 13.9. The summed E-state index contributed by atoms with van der Waals surface area (Å²) in [4.78, 5) is 21.8. The van der Waals surface area contributed by atoms with Crippen molar-refractivity contribution in [3.05, 3.63) is 47.1 Å². The van der Waals surface area contributed by atoms with Crippen molar-refractivity contribution in [3.63, 3.8) is 0 Å². The summed E-state index contributed by atoms with van der Waals surface area (Å²) < 4.78 is 83.4. The van der Waals surface area contributed by atoms with Crippen LogP contribution in [0.4, 0.5) is 0 Å². The van der Waals surface area contributed by atoms with E-state index in [4.69, 9.17) is 27.1 Å². The fraction of sp³-hybridized carbons (Fsp3) is 0.630. The van der Waals surface area contributed by atoms with Gasteiger partial charge in [-0.2, -0.15) is 0 Å². The first kappa shape index (κ1) is 38.2. The summed E-state index contributed by atoms with van der Waals surface area (Å²) in [5.74, 6) is -2.75. The van der Waals surface area contributed by atoms with Crippen LogP contribution < -0.4 is 9.05 Å². The summed E-state index contributed by atoms with van der Waals surface area (Å²) >= 11 is 0. The molecule has 0 bridgehead atoms. The van der Waals surface area contributed by atoms with Crippen molar-refractivity contribution in [2.75, 3.05) is 40.2 Å². The normalized spacial score (nSPS) is 20.5. The third kappa shape index (κ3) is 11.1. The fourth-order valence-corrected chi connectivity index (χ4v) is 12.0. The lowest BCUT2D eigenvalue weighted by Crippen LogP contribution is -2.19. The van der Waals surface area contributed by atoms with E-state index in [1.165, 1.54) is 0 Å². The molecule has 246 valence electrons. The summed E-state index contributed by atoms with van der Waals surface area (Å²) in [5, 5.41) is 0. The smallest absolute Gasteiger partial charge is 0.388 e. The van der Waals surface area contributed by atoms with Gasteiger partial charge in [-0.05, 0) is 63.1 Å². The second-order valence-electron chi connectivity index (χ2n) is 10.7. The lowest BCUT2D eigenvalue weighted by atomic mass is 9.73. The predicted octanol–water partition coefficient (Wildman–Crippen LogP) is 8.45. The molecule has 2 N–H and O–H groups in total. The van der Waals surface area contributed by atoms with Crippen molar-refractivity contribution in [1.82, 2.24) is 0 Å². The molecule has 1 aliphatic rings. The van der Waals surface area contributed by atoms with Crippen molar-refractivity contribution in [3.8, 4) is 11.5 Å². The van der Waals surface area contributed by atoms with Crippen LogP contribution in [-0.2, 0) is 42.8 Å². The quantitative estimate of drug-likeness (QED) is 0.0861. The molecule has 2 rings (SSSR count). The number of aryl methyl sites for hydroxylation is 1. The molecule has 16 heteroatoms. The minimum Gasteiger partial charge on any atom is -0.424 e. The molecular formula is C27H46O12P4. The lowest BCUT2D eigenvalue weighted by Gasteiger charge is -2.33. The average molecular weight is 687 g/mol. The molecular weight excluding hydrogens is 640 g/mol. The third-order valence-corrected chi connectivity index (χ3v) is 16.1. The standard InChI is InChI=1S/C27H46O12P4/c1-9-10-11-12-22-16-25(38-40(28,29)18-42(32,34-5)35-6)27(24-15-21(4)13-14-23(24)20(2)3)26(17-22)39-41(30,31)19-43(33,36-7)37-8/h15-17,23-24H,2,9-14,18-19H2,1,3-8H3,(H,28,29)(H,30,31). The van der Waals surface area contributed by atoms with Gasteiger partial charge in [0, 0.05) is 39.9 Å². The summed E-state index contributed by atoms with van der Waals surface area (Å²) in [6.07, 6.45) is 6.50. The molecule has 12 nitrogen and oxygen atoms in total. The van der Waals surface area contributed by atoms with E-state index in [0.29, 0.717) is 18.4 Å². The first-order chi connectivity index (χ1) is 20.0. The van der Waals surface area contributed by atoms with Gasteiger partial charge >= 0.3 is 30.4 Å². The second-order valence-corrected chi connectivity index (χ2v) is 19.8. The zero-order chi connectivity index (χ0) is 32.6. The van der Waals surface area contributed by atoms with Crippen LogP contribution in [0.1, 0.15) is 69.9 Å². The molecule has 0 heterocycles. The number of allylic oxidation sites excluding steroid dienone is 3. The molecule has 4 atom stereocenters. The maximum Gasteiger partial charge on any atom is 0.388 e. The van der Waals surface area contributed by atoms with E-state index in [-0.39, 0.29) is 23.0 Å². The van der Waals surface area contributed by atoms with Crippen LogP contribution in [-0.4, -0.2) is 50.0 Å². The van der Waals surface area contributed by atoms with Crippen LogP contribution >= 0.6 is 30.4 Å². The highest BCUT2D eigenvalue weighted by molar-refractivity contribution is 7.71. The topological polar surface area (TPSA) is 164 Å². The van der Waals surface area contributed by atoms with Crippen molar-refractivity contribution >= 4 is 30.4 Å². The minimum atomic E-state index is -4.70. The van der Waals surface area contributed by atoms with E-state index in [9.17, 15) is 28.0 Å². The molecule has 0 saturated heterocycles. The van der Waals surface area contributed by atoms with Gasteiger partial charge in [0.25, 0.3) is 0 Å². The largest absolute Gasteiger partial charge is 0.424 e. The van der Waals surface area contributed by atoms with Crippen LogP contribution in [0.5, 0.6) is 11.5 Å². The van der Waals surface area contributed by atoms with E-state index in [1.807, 2.05) is 26.8 Å². The summed E-state index contributed by atoms with van der Waals surface area (Å²) in [5.41, 5.74) is 2.68. The van der Waals surface area contributed by atoms with Crippen molar-refractivity contribution in [1.29, 1.82) is 0 Å². The van der Waals surface area contributed by atoms with Crippen LogP contribution in [0.3, 0.4) is 0 Å². The number of unbranched alkanes of at least 4 members (excludes halogenated alkanes) is 2. The predicted molar refractivity (Wildman–Crippen MR) is 168 cm³/mol. The summed E-state index contributed by atoms with van der Waals surface area (Å²) in [6, 6.07) is 3.19. The zero-order valence-corrected chi connectivity index (χ0v) is 29.6. The van der Waals surface area contributed by atoms with Gasteiger partial charge in [0.2, 0.25) is 0 Å². The molecule has 0 amide bonds. The van der Waals surface area contributed by atoms with Gasteiger partial charge in [0.05, 0.1) is 0 Å². The van der Waals surface area contributed by atoms with Gasteiger partial charge in [-0.1, -0.05) is 43.6 Å². The minimum absolute atomic E-state index is 0.0857. The Hall–Kier alpha value is -1.02. The van der Waals surface area contributed by atoms with Crippen molar-refractivity contribution in [2.45, 2.75) is 65.2 Å². The Morgan fingerprint density at radius 3 is 1.74 bits per heavy atom. The molecule has 1 aromatic rings. The Morgan fingerprint density at radius 1 is 0.884 bits per heavy atom. The Labute approximate surface area is 255 Å². The van der Waals surface area contributed by atoms with E-state index in [0.717, 1.165) is 65.3 Å². The number of rotatable bonds is 18. The zero-order valence-electron chi connectivity index (χ0n) is 26.0. The van der Waals surface area contributed by atoms with Crippen LogP contribution in [0.25, 0.3) is 0 Å². The van der Waals surface area contributed by atoms with E-state index >= 15 is 0 Å². The Bertz CT molecular complexity index is 1270. The second kappa shape index (κ2) is 16.0. The highest BCUT2D eigenvalue weighted by Crippen LogP contribution is 2.64. The molecule has 1 aromatic carbocycles. The molecule has 0 aliphatic heterocycles. The molecule has 0 spiro atoms. The van der Waals surface area contributed by atoms with E-state index in [1.54, 1.807) is 12.1 Å². The van der Waals surface area contributed by atoms with Crippen molar-refractivity contribution < 1.29 is 55.2 Å². The maximum absolute atomic E-state index is 13.4. The maximum atomic E-state index is 13.4. The molecule has 1 aliphatic carbocycles. The molecule has 0 fully saturated rings. The lowest BCUT2D eigenvalue weighted by molar-refractivity contribution is 0.275. The monoisotopic (exact) mass is 686 g/mol. The molecule has 0 aromatic heterocycles. The Morgan fingerprint density at radius 2 is 1.35 bits per heavy atom. The van der Waals surface area contributed by atoms with E-state index in [2.05, 4.69) is 6.58 Å². The van der Waals surface area contributed by atoms with Crippen LogP contribution in [0, 0.1) is 5.92 Å². The summed E-state index contributed by atoms with van der Waals surface area (Å²) in [7, 11) is -13.0. The van der Waals surface area contributed by atoms with Crippen molar-refractivity contribution in [2.24, 2.45) is 5.92 Å². The third-order valence-electron chi connectivity index (χ3n) is 7.24. The SMILES string of the molecule is C=C(C)C1CCC(C)=CC1c1c(OP(=O)(O)CP(=O)(OC)OC)cc(CCCCC)cc1OP(=O)(O)CP(=O)(OC)OC. The average Bonchev–Trinajstić information content (AvgIpc) is 2.91. The van der Waals surface area contributed by atoms with Crippen LogP contribution in [0.2, 0.25) is 0 Å². The fourth-order valence-electron chi connectivity index (χ4n) is 4.95. The molecule has 0 saturated carbocycles. The van der Waals surface area contributed by atoms with E-state index < -0.39 is 48.1 Å². The summed E-state index contributed by atoms with van der Waals surface area (Å²) in [6.45, 7) is 9.98. The first-order valence-corrected chi connectivity index (χ1v) is 20.9. The molecule has 0 radical (unpaired) electrons. The Kier molecular flexibility index (Phi) is 14.2. The number of hydrogen-bond donors (Lipinski definition) is 2. The highest BCUT2D eigenvalue weighted by Gasteiger charge is 2.41. The Balaban J connectivity index is 2.85. The van der Waals surface area contributed by atoms with Gasteiger partial charge in [-0.15, -0.1) is 0 Å². The van der Waals surface area contributed by atoms with Gasteiger partial charge in [0.1, 0.15) is 11.5 Å². The molecule has 43 heavy (non-hydrogen) atoms. The van der Waals surface area contributed by atoms with Crippen LogP contribution in [0.15, 0.2) is 35.9 Å². The van der Waals surface area contributed by atoms with Gasteiger partial charge < -0.3 is 36.9 Å². The van der Waals surface area contributed by atoms with Gasteiger partial charge in [0.15, 0.2) is 11.8 Å². The number of benzene rings is 1. The molecule has 4 unspecified atom stereocenters. The highest BCUT2D eigenvalue weighted by atomic mass is 31.2. The van der Waals surface area contributed by atoms with Gasteiger partial charge in [-0.3, -0.25) is 9.13 Å². The number of hydrogen-bond acceptors (Lipinski definition) is 10.